The minimum atomic E-state index is -0.965. The van der Waals surface area contributed by atoms with Crippen molar-refractivity contribution in [2.75, 3.05) is 13.2 Å². The van der Waals surface area contributed by atoms with Gasteiger partial charge in [0.1, 0.15) is 23.7 Å². The van der Waals surface area contributed by atoms with Crippen LogP contribution in [-0.2, 0) is 4.74 Å². The van der Waals surface area contributed by atoms with Gasteiger partial charge in [0.15, 0.2) is 0 Å². The molecule has 0 radical (unpaired) electrons. The molecule has 0 aliphatic heterocycles. The van der Waals surface area contributed by atoms with Crippen molar-refractivity contribution in [3.63, 3.8) is 0 Å². The SMILES string of the molecule is NC(=O)OCCNC(=O)c1c(O)cccc1F. The quantitative estimate of drug-likeness (QED) is 0.663. The first kappa shape index (κ1) is 12.8. The van der Waals surface area contributed by atoms with E-state index in [1.54, 1.807) is 0 Å². The normalized spacial score (nSPS) is 9.71. The molecule has 0 fully saturated rings. The molecule has 0 bridgehead atoms. The van der Waals surface area contributed by atoms with E-state index >= 15 is 0 Å². The highest BCUT2D eigenvalue weighted by Crippen LogP contribution is 2.19. The number of phenols is 1. The topological polar surface area (TPSA) is 102 Å². The van der Waals surface area contributed by atoms with Crippen LogP contribution in [0.25, 0.3) is 0 Å². The largest absolute Gasteiger partial charge is 0.507 e. The summed E-state index contributed by atoms with van der Waals surface area (Å²) < 4.78 is 17.6. The number of ether oxygens (including phenoxy) is 1. The van der Waals surface area contributed by atoms with E-state index in [0.29, 0.717) is 0 Å². The molecule has 7 heteroatoms. The Bertz CT molecular complexity index is 416. The Morgan fingerprint density at radius 3 is 2.76 bits per heavy atom. The number of rotatable bonds is 4. The summed E-state index contributed by atoms with van der Waals surface area (Å²) in [7, 11) is 0. The molecule has 2 amide bonds. The number of benzene rings is 1. The molecule has 92 valence electrons. The van der Waals surface area contributed by atoms with Gasteiger partial charge >= 0.3 is 6.09 Å². The van der Waals surface area contributed by atoms with E-state index in [0.717, 1.165) is 6.07 Å². The van der Waals surface area contributed by atoms with Crippen molar-refractivity contribution in [3.8, 4) is 5.75 Å². The molecule has 6 nitrogen and oxygen atoms in total. The van der Waals surface area contributed by atoms with Crippen molar-refractivity contribution in [3.05, 3.63) is 29.6 Å². The lowest BCUT2D eigenvalue weighted by molar-refractivity contribution is 0.0930. The summed E-state index contributed by atoms with van der Waals surface area (Å²) in [6, 6.07) is 3.52. The maximum atomic E-state index is 13.2. The van der Waals surface area contributed by atoms with Gasteiger partial charge in [0.25, 0.3) is 5.91 Å². The highest BCUT2D eigenvalue weighted by Gasteiger charge is 2.15. The summed E-state index contributed by atoms with van der Waals surface area (Å²) in [6.07, 6.45) is -0.965. The maximum absolute atomic E-state index is 13.2. The number of aromatic hydroxyl groups is 1. The molecule has 0 atom stereocenters. The maximum Gasteiger partial charge on any atom is 0.404 e. The molecule has 0 saturated carbocycles. The molecule has 0 spiro atoms. The lowest BCUT2D eigenvalue weighted by atomic mass is 10.2. The Morgan fingerprint density at radius 1 is 1.47 bits per heavy atom. The van der Waals surface area contributed by atoms with E-state index in [-0.39, 0.29) is 13.2 Å². The Labute approximate surface area is 96.2 Å². The molecular formula is C10H11FN2O4. The van der Waals surface area contributed by atoms with Crippen LogP contribution in [0.2, 0.25) is 0 Å². The summed E-state index contributed by atoms with van der Waals surface area (Å²) in [5.41, 5.74) is 4.24. The van der Waals surface area contributed by atoms with Gasteiger partial charge in [-0.15, -0.1) is 0 Å². The predicted molar refractivity (Wildman–Crippen MR) is 55.9 cm³/mol. The van der Waals surface area contributed by atoms with E-state index in [2.05, 4.69) is 10.1 Å². The van der Waals surface area contributed by atoms with Crippen LogP contribution < -0.4 is 11.1 Å². The van der Waals surface area contributed by atoms with Gasteiger partial charge in [-0.2, -0.15) is 0 Å². The van der Waals surface area contributed by atoms with Crippen LogP contribution in [0.3, 0.4) is 0 Å². The highest BCUT2D eigenvalue weighted by atomic mass is 19.1. The zero-order valence-electron chi connectivity index (χ0n) is 8.77. The number of hydrogen-bond donors (Lipinski definition) is 3. The third-order valence-corrected chi connectivity index (χ3v) is 1.85. The van der Waals surface area contributed by atoms with Crippen molar-refractivity contribution in [2.24, 2.45) is 5.73 Å². The fourth-order valence-corrected chi connectivity index (χ4v) is 1.14. The van der Waals surface area contributed by atoms with Gasteiger partial charge in [0.05, 0.1) is 6.54 Å². The van der Waals surface area contributed by atoms with Gasteiger partial charge in [-0.05, 0) is 12.1 Å². The Hall–Kier alpha value is -2.31. The summed E-state index contributed by atoms with van der Waals surface area (Å²) in [5.74, 6) is -2.09. The van der Waals surface area contributed by atoms with Crippen molar-refractivity contribution in [1.82, 2.24) is 5.32 Å². The molecule has 4 N–H and O–H groups in total. The molecule has 0 aromatic heterocycles. The molecule has 0 saturated heterocycles. The number of halogens is 1. The summed E-state index contributed by atoms with van der Waals surface area (Å²) >= 11 is 0. The monoisotopic (exact) mass is 242 g/mol. The minimum absolute atomic E-state index is 0.0322. The molecule has 1 rings (SSSR count). The first-order valence-electron chi connectivity index (χ1n) is 4.70. The van der Waals surface area contributed by atoms with Crippen molar-refractivity contribution in [2.45, 2.75) is 0 Å². The minimum Gasteiger partial charge on any atom is -0.507 e. The average molecular weight is 242 g/mol. The Kier molecular flexibility index (Phi) is 4.27. The van der Waals surface area contributed by atoms with Gasteiger partial charge < -0.3 is 20.9 Å². The van der Waals surface area contributed by atoms with Crippen LogP contribution in [0.5, 0.6) is 5.75 Å². The van der Waals surface area contributed by atoms with Gasteiger partial charge in [-0.3, -0.25) is 4.79 Å². The van der Waals surface area contributed by atoms with E-state index in [9.17, 15) is 19.1 Å². The van der Waals surface area contributed by atoms with Crippen molar-refractivity contribution >= 4 is 12.0 Å². The molecule has 0 unspecified atom stereocenters. The fraction of sp³-hybridized carbons (Fsp3) is 0.200. The van der Waals surface area contributed by atoms with Gasteiger partial charge in [0, 0.05) is 0 Å². The number of carbonyl (C=O) groups excluding carboxylic acids is 2. The summed E-state index contributed by atoms with van der Waals surface area (Å²) in [4.78, 5) is 21.7. The fourth-order valence-electron chi connectivity index (χ4n) is 1.14. The number of nitrogens with two attached hydrogens (primary N) is 1. The smallest absolute Gasteiger partial charge is 0.404 e. The van der Waals surface area contributed by atoms with E-state index in [4.69, 9.17) is 5.73 Å². The number of nitrogens with one attached hydrogen (secondary N) is 1. The summed E-state index contributed by atoms with van der Waals surface area (Å²) in [5, 5.41) is 11.6. The van der Waals surface area contributed by atoms with Crippen LogP contribution in [0.1, 0.15) is 10.4 Å². The van der Waals surface area contributed by atoms with E-state index in [1.165, 1.54) is 12.1 Å². The summed E-state index contributed by atoms with van der Waals surface area (Å²) in [6.45, 7) is -0.161. The number of hydrogen-bond acceptors (Lipinski definition) is 4. The standard InChI is InChI=1S/C10H11FN2O4/c11-6-2-1-3-7(14)8(6)9(15)13-4-5-17-10(12)16/h1-3,14H,4-5H2,(H2,12,16)(H,13,15). The molecule has 0 aliphatic carbocycles. The first-order chi connectivity index (χ1) is 8.02. The highest BCUT2D eigenvalue weighted by molar-refractivity contribution is 5.97. The second-order valence-electron chi connectivity index (χ2n) is 3.06. The Balaban J connectivity index is 2.55. The van der Waals surface area contributed by atoms with Crippen LogP contribution in [-0.4, -0.2) is 30.3 Å². The van der Waals surface area contributed by atoms with Crippen LogP contribution >= 0.6 is 0 Å². The number of carbonyl (C=O) groups is 2. The van der Waals surface area contributed by atoms with Crippen LogP contribution in [0.4, 0.5) is 9.18 Å². The van der Waals surface area contributed by atoms with Crippen molar-refractivity contribution < 1.29 is 23.8 Å². The molecular weight excluding hydrogens is 231 g/mol. The molecule has 0 aliphatic rings. The Morgan fingerprint density at radius 2 is 2.18 bits per heavy atom. The lowest BCUT2D eigenvalue weighted by Gasteiger charge is -2.07. The number of phenolic OH excluding ortho intramolecular Hbond substituents is 1. The first-order valence-corrected chi connectivity index (χ1v) is 4.70. The third kappa shape index (κ3) is 3.63. The molecule has 1 aromatic rings. The van der Waals surface area contributed by atoms with E-state index in [1.807, 2.05) is 0 Å². The van der Waals surface area contributed by atoms with Crippen molar-refractivity contribution in [1.29, 1.82) is 0 Å². The zero-order valence-corrected chi connectivity index (χ0v) is 8.77. The lowest BCUT2D eigenvalue weighted by Crippen LogP contribution is -2.29. The van der Waals surface area contributed by atoms with Crippen LogP contribution in [0, 0.1) is 5.82 Å². The molecule has 17 heavy (non-hydrogen) atoms. The number of amides is 2. The predicted octanol–water partition coefficient (Wildman–Crippen LogP) is 0.356. The van der Waals surface area contributed by atoms with Crippen LogP contribution in [0.15, 0.2) is 18.2 Å². The van der Waals surface area contributed by atoms with E-state index < -0.39 is 29.1 Å². The second kappa shape index (κ2) is 5.69. The second-order valence-corrected chi connectivity index (χ2v) is 3.06. The third-order valence-electron chi connectivity index (χ3n) is 1.85. The van der Waals surface area contributed by atoms with Gasteiger partial charge in [-0.25, -0.2) is 9.18 Å². The van der Waals surface area contributed by atoms with Gasteiger partial charge in [0.2, 0.25) is 0 Å². The van der Waals surface area contributed by atoms with Gasteiger partial charge in [-0.1, -0.05) is 6.07 Å². The number of primary amides is 1. The molecule has 1 aromatic carbocycles. The average Bonchev–Trinajstić information content (AvgIpc) is 2.24. The molecule has 0 heterocycles. The zero-order chi connectivity index (χ0) is 12.8.